The van der Waals surface area contributed by atoms with E-state index in [9.17, 15) is 8.42 Å². The molecule has 116 valence electrons. The van der Waals surface area contributed by atoms with Gasteiger partial charge in [-0.2, -0.15) is 4.31 Å². The topological polar surface area (TPSA) is 49.4 Å². The van der Waals surface area contributed by atoms with E-state index in [1.165, 1.54) is 15.6 Å². The molecule has 0 amide bonds. The van der Waals surface area contributed by atoms with Gasteiger partial charge in [0.15, 0.2) is 0 Å². The first-order valence-electron chi connectivity index (χ1n) is 6.75. The number of nitrogens with one attached hydrogen (secondary N) is 1. The largest absolute Gasteiger partial charge is 0.315 e. The highest BCUT2D eigenvalue weighted by atomic mass is 32.2. The number of nitrogens with zero attached hydrogens (tertiary/aromatic N) is 1. The van der Waals surface area contributed by atoms with Crippen LogP contribution in [0.15, 0.2) is 27.8 Å². The molecule has 21 heavy (non-hydrogen) atoms. The second kappa shape index (κ2) is 7.02. The van der Waals surface area contributed by atoms with Gasteiger partial charge in [-0.3, -0.25) is 0 Å². The second-order valence-electron chi connectivity index (χ2n) is 4.71. The van der Waals surface area contributed by atoms with E-state index in [0.717, 1.165) is 15.3 Å². The molecule has 2 aromatic heterocycles. The lowest BCUT2D eigenvalue weighted by Gasteiger charge is -2.18. The zero-order chi connectivity index (χ0) is 15.5. The predicted molar refractivity (Wildman–Crippen MR) is 89.4 cm³/mol. The summed E-state index contributed by atoms with van der Waals surface area (Å²) >= 11 is 2.94. The van der Waals surface area contributed by atoms with Gasteiger partial charge in [0.05, 0.1) is 0 Å². The van der Waals surface area contributed by atoms with E-state index >= 15 is 0 Å². The minimum atomic E-state index is -3.42. The number of aryl methyl sites for hydroxylation is 1. The molecule has 0 aliphatic rings. The van der Waals surface area contributed by atoms with Crippen LogP contribution in [0.3, 0.4) is 0 Å². The molecule has 2 heterocycles. The molecule has 1 N–H and O–H groups in total. The Labute approximate surface area is 134 Å². The Morgan fingerprint density at radius 1 is 1.38 bits per heavy atom. The first-order chi connectivity index (χ1) is 9.98. The van der Waals surface area contributed by atoms with Crippen LogP contribution >= 0.6 is 22.7 Å². The average molecular weight is 345 g/mol. The van der Waals surface area contributed by atoms with Crippen molar-refractivity contribution in [3.05, 3.63) is 38.9 Å². The van der Waals surface area contributed by atoms with Crippen LogP contribution in [0.4, 0.5) is 0 Å². The van der Waals surface area contributed by atoms with Gasteiger partial charge < -0.3 is 5.32 Å². The molecule has 4 nitrogen and oxygen atoms in total. The highest BCUT2D eigenvalue weighted by molar-refractivity contribution is 7.91. The lowest BCUT2D eigenvalue weighted by molar-refractivity contribution is 0.428. The van der Waals surface area contributed by atoms with Crippen LogP contribution in [-0.2, 0) is 23.1 Å². The Kier molecular flexibility index (Phi) is 5.56. The summed E-state index contributed by atoms with van der Waals surface area (Å²) < 4.78 is 27.5. The Morgan fingerprint density at radius 3 is 2.71 bits per heavy atom. The van der Waals surface area contributed by atoms with Crippen molar-refractivity contribution in [3.8, 4) is 0 Å². The molecule has 0 bridgehead atoms. The van der Waals surface area contributed by atoms with Crippen molar-refractivity contribution >= 4 is 32.7 Å². The number of hydrogen-bond donors (Lipinski definition) is 1. The Balaban J connectivity index is 2.28. The van der Waals surface area contributed by atoms with Crippen molar-refractivity contribution in [2.24, 2.45) is 0 Å². The number of rotatable bonds is 7. The van der Waals surface area contributed by atoms with Crippen molar-refractivity contribution in [1.82, 2.24) is 9.62 Å². The van der Waals surface area contributed by atoms with Crippen molar-refractivity contribution in [2.75, 3.05) is 13.6 Å². The molecule has 0 spiro atoms. The van der Waals surface area contributed by atoms with E-state index in [4.69, 9.17) is 0 Å². The van der Waals surface area contributed by atoms with Gasteiger partial charge in [-0.25, -0.2) is 8.42 Å². The standard InChI is InChI=1S/C14H20N2O2S3/c1-4-16(10-12-6-5-7-19-12)21(17,18)14-8-11(2)13(20-14)9-15-3/h5-8,15H,4,9-10H2,1-3H3. The fourth-order valence-electron chi connectivity index (χ4n) is 2.02. The molecule has 0 aliphatic heterocycles. The van der Waals surface area contributed by atoms with E-state index in [1.807, 2.05) is 38.4 Å². The summed E-state index contributed by atoms with van der Waals surface area (Å²) in [7, 11) is -1.55. The van der Waals surface area contributed by atoms with Gasteiger partial charge in [0, 0.05) is 29.4 Å². The molecule has 0 unspecified atom stereocenters. The highest BCUT2D eigenvalue weighted by Crippen LogP contribution is 2.29. The maximum Gasteiger partial charge on any atom is 0.252 e. The van der Waals surface area contributed by atoms with Crippen LogP contribution in [0.1, 0.15) is 22.2 Å². The lowest BCUT2D eigenvalue weighted by atomic mass is 10.3. The van der Waals surface area contributed by atoms with Crippen molar-refractivity contribution in [2.45, 2.75) is 31.1 Å². The maximum atomic E-state index is 12.8. The van der Waals surface area contributed by atoms with Gasteiger partial charge >= 0.3 is 0 Å². The van der Waals surface area contributed by atoms with Gasteiger partial charge in [0.1, 0.15) is 4.21 Å². The van der Waals surface area contributed by atoms with Crippen LogP contribution in [0, 0.1) is 6.92 Å². The van der Waals surface area contributed by atoms with Gasteiger partial charge in [-0.1, -0.05) is 13.0 Å². The molecule has 2 aromatic rings. The van der Waals surface area contributed by atoms with E-state index < -0.39 is 10.0 Å². The zero-order valence-corrected chi connectivity index (χ0v) is 14.9. The van der Waals surface area contributed by atoms with Crippen LogP contribution in [-0.4, -0.2) is 26.3 Å². The minimum absolute atomic E-state index is 0.434. The third kappa shape index (κ3) is 3.73. The molecule has 7 heteroatoms. The molecule has 0 saturated heterocycles. The number of hydrogen-bond acceptors (Lipinski definition) is 5. The van der Waals surface area contributed by atoms with Crippen molar-refractivity contribution in [3.63, 3.8) is 0 Å². The summed E-state index contributed by atoms with van der Waals surface area (Å²) in [4.78, 5) is 2.13. The van der Waals surface area contributed by atoms with Crippen LogP contribution in [0.2, 0.25) is 0 Å². The molecule has 0 radical (unpaired) electrons. The van der Waals surface area contributed by atoms with Gasteiger partial charge in [-0.15, -0.1) is 22.7 Å². The van der Waals surface area contributed by atoms with E-state index in [0.29, 0.717) is 23.8 Å². The van der Waals surface area contributed by atoms with Crippen LogP contribution < -0.4 is 5.32 Å². The summed E-state index contributed by atoms with van der Waals surface area (Å²) in [5, 5.41) is 5.04. The summed E-state index contributed by atoms with van der Waals surface area (Å²) in [6.07, 6.45) is 0. The molecule has 0 aliphatic carbocycles. The average Bonchev–Trinajstić information content (AvgIpc) is 3.07. The monoisotopic (exact) mass is 344 g/mol. The van der Waals surface area contributed by atoms with Gasteiger partial charge in [0.2, 0.25) is 0 Å². The molecule has 2 rings (SSSR count). The quantitative estimate of drug-likeness (QED) is 0.840. The third-order valence-electron chi connectivity index (χ3n) is 3.19. The normalized spacial score (nSPS) is 12.2. The second-order valence-corrected chi connectivity index (χ2v) is 9.05. The van der Waals surface area contributed by atoms with E-state index in [1.54, 1.807) is 17.4 Å². The third-order valence-corrected chi connectivity index (χ3v) is 7.66. The summed E-state index contributed by atoms with van der Waals surface area (Å²) in [5.41, 5.74) is 1.03. The smallest absolute Gasteiger partial charge is 0.252 e. The minimum Gasteiger partial charge on any atom is -0.315 e. The summed E-state index contributed by atoms with van der Waals surface area (Å²) in [6.45, 7) is 5.44. The van der Waals surface area contributed by atoms with Crippen LogP contribution in [0.25, 0.3) is 0 Å². The van der Waals surface area contributed by atoms with Crippen LogP contribution in [0.5, 0.6) is 0 Å². The zero-order valence-electron chi connectivity index (χ0n) is 12.4. The first-order valence-corrected chi connectivity index (χ1v) is 9.89. The molecular weight excluding hydrogens is 324 g/mol. The van der Waals surface area contributed by atoms with Crippen molar-refractivity contribution in [1.29, 1.82) is 0 Å². The van der Waals surface area contributed by atoms with Gasteiger partial charge in [0.25, 0.3) is 10.0 Å². The van der Waals surface area contributed by atoms with Gasteiger partial charge in [-0.05, 0) is 37.0 Å². The Morgan fingerprint density at radius 2 is 2.14 bits per heavy atom. The SMILES string of the molecule is CCN(Cc1cccs1)S(=O)(=O)c1cc(C)c(CNC)s1. The van der Waals surface area contributed by atoms with E-state index in [-0.39, 0.29) is 0 Å². The lowest BCUT2D eigenvalue weighted by Crippen LogP contribution is -2.29. The molecule has 0 aromatic carbocycles. The number of sulfonamides is 1. The fraction of sp³-hybridized carbons (Fsp3) is 0.429. The molecule has 0 atom stereocenters. The Bertz CT molecular complexity index is 675. The summed E-state index contributed by atoms with van der Waals surface area (Å²) in [6, 6.07) is 5.69. The predicted octanol–water partition coefficient (Wildman–Crippen LogP) is 3.05. The first kappa shape index (κ1) is 16.6. The fourth-order valence-corrected chi connectivity index (χ4v) is 6.01. The highest BCUT2D eigenvalue weighted by Gasteiger charge is 2.26. The molecule has 0 saturated carbocycles. The molecule has 0 fully saturated rings. The van der Waals surface area contributed by atoms with E-state index in [2.05, 4.69) is 5.32 Å². The van der Waals surface area contributed by atoms with Crippen molar-refractivity contribution < 1.29 is 8.42 Å². The maximum absolute atomic E-state index is 12.8. The summed E-state index contributed by atoms with van der Waals surface area (Å²) in [5.74, 6) is 0. The Hall–Kier alpha value is -0.730. The number of thiophene rings is 2. The molecular formula is C14H20N2O2S3.